The molecule has 1 aliphatic heterocycles. The first-order chi connectivity index (χ1) is 19.0. The first-order valence-electron chi connectivity index (χ1n) is 13.6. The summed E-state index contributed by atoms with van der Waals surface area (Å²) in [6, 6.07) is 12.3. The lowest BCUT2D eigenvalue weighted by molar-refractivity contribution is -0.158. The molecule has 0 fully saturated rings. The molecule has 0 spiro atoms. The van der Waals surface area contributed by atoms with Crippen LogP contribution in [0, 0.1) is 12.3 Å². The summed E-state index contributed by atoms with van der Waals surface area (Å²) < 4.78 is 42.8. The lowest BCUT2D eigenvalue weighted by Gasteiger charge is -2.31. The topological polar surface area (TPSA) is 124 Å². The van der Waals surface area contributed by atoms with Gasteiger partial charge in [0.1, 0.15) is 22.4 Å². The summed E-state index contributed by atoms with van der Waals surface area (Å²) in [5, 5.41) is 18.3. The van der Waals surface area contributed by atoms with Crippen molar-refractivity contribution in [2.24, 2.45) is 5.41 Å². The fraction of sp³-hybridized carbons (Fsp3) is 0.483. The molecule has 1 aliphatic rings. The number of aliphatic carboxylic acids is 1. The fourth-order valence-corrected chi connectivity index (χ4v) is 6.33. The Morgan fingerprint density at radius 1 is 1.23 bits per heavy atom. The zero-order valence-corrected chi connectivity index (χ0v) is 24.5. The van der Waals surface area contributed by atoms with Crippen molar-refractivity contribution in [1.82, 2.24) is 19.3 Å². The summed E-state index contributed by atoms with van der Waals surface area (Å²) >= 11 is 0. The number of carboxylic acids is 1. The molecule has 40 heavy (non-hydrogen) atoms. The van der Waals surface area contributed by atoms with Crippen LogP contribution in [0.5, 0.6) is 5.75 Å². The van der Waals surface area contributed by atoms with Crippen molar-refractivity contribution >= 4 is 16.0 Å². The van der Waals surface area contributed by atoms with Crippen molar-refractivity contribution in [3.8, 4) is 5.75 Å². The highest BCUT2D eigenvalue weighted by atomic mass is 32.2. The number of aromatic nitrogens is 3. The SMILES string of the molecule is CCCn1cc(COC(c2ccc(C)c(CN3C[C@@H](CC)Oc4ccccc4S3(=O)=O)c2)C(C)(C)C(=O)O)nn1. The second-order valence-electron chi connectivity index (χ2n) is 10.8. The van der Waals surface area contributed by atoms with E-state index in [0.29, 0.717) is 23.4 Å². The number of nitrogens with zero attached hydrogens (tertiary/aromatic N) is 4. The van der Waals surface area contributed by atoms with E-state index in [4.69, 9.17) is 9.47 Å². The van der Waals surface area contributed by atoms with E-state index < -0.39 is 27.5 Å². The van der Waals surface area contributed by atoms with E-state index in [0.717, 1.165) is 24.1 Å². The van der Waals surface area contributed by atoms with E-state index in [1.165, 1.54) is 4.31 Å². The number of carboxylic acid groups (broad SMARTS) is 1. The predicted octanol–water partition coefficient (Wildman–Crippen LogP) is 4.73. The number of ether oxygens (including phenoxy) is 2. The quantitative estimate of drug-likeness (QED) is 0.351. The van der Waals surface area contributed by atoms with Crippen LogP contribution >= 0.6 is 0 Å². The smallest absolute Gasteiger partial charge is 0.312 e. The highest BCUT2D eigenvalue weighted by molar-refractivity contribution is 7.89. The van der Waals surface area contributed by atoms with E-state index >= 15 is 0 Å². The van der Waals surface area contributed by atoms with Crippen LogP contribution in [0.1, 0.15) is 69.0 Å². The normalized spacial score (nSPS) is 18.0. The summed E-state index contributed by atoms with van der Waals surface area (Å²) in [5.74, 6) is -0.654. The highest BCUT2D eigenvalue weighted by Crippen LogP contribution is 2.39. The molecule has 2 atom stereocenters. The van der Waals surface area contributed by atoms with Crippen molar-refractivity contribution in [3.63, 3.8) is 0 Å². The Morgan fingerprint density at radius 2 is 1.98 bits per heavy atom. The molecule has 1 unspecified atom stereocenters. The molecule has 0 saturated heterocycles. The van der Waals surface area contributed by atoms with E-state index in [-0.39, 0.29) is 30.7 Å². The third kappa shape index (κ3) is 6.21. The maximum absolute atomic E-state index is 13.7. The molecule has 1 N–H and O–H groups in total. The van der Waals surface area contributed by atoms with Crippen LogP contribution in [-0.2, 0) is 39.3 Å². The van der Waals surface area contributed by atoms with Crippen molar-refractivity contribution in [3.05, 3.63) is 71.0 Å². The summed E-state index contributed by atoms with van der Waals surface area (Å²) in [6.45, 7) is 10.3. The molecule has 10 nitrogen and oxygen atoms in total. The van der Waals surface area contributed by atoms with E-state index in [9.17, 15) is 18.3 Å². The van der Waals surface area contributed by atoms with Gasteiger partial charge in [-0.25, -0.2) is 8.42 Å². The molecule has 1 aromatic heterocycles. The molecule has 216 valence electrons. The Bertz CT molecular complexity index is 1450. The molecule has 0 amide bonds. The van der Waals surface area contributed by atoms with Gasteiger partial charge < -0.3 is 14.6 Å². The number of benzene rings is 2. The molecule has 0 bridgehead atoms. The standard InChI is InChI=1S/C29H38N4O6S/c1-6-14-32-17-23(30-31-32)19-38-27(29(4,5)28(34)35)21-13-12-20(3)22(15-21)16-33-18-24(7-2)39-25-10-8-9-11-26(25)40(33,36)37/h8-13,15,17,24,27H,6-7,14,16,18-19H2,1-5H3,(H,34,35)/t24-,27?/m1/s1. The maximum atomic E-state index is 13.7. The second-order valence-corrected chi connectivity index (χ2v) is 12.7. The number of fused-ring (bicyclic) bond motifs is 1. The van der Waals surface area contributed by atoms with Crippen LogP contribution in [0.4, 0.5) is 0 Å². The van der Waals surface area contributed by atoms with Crippen LogP contribution < -0.4 is 4.74 Å². The number of rotatable bonds is 11. The molecule has 2 heterocycles. The zero-order chi connectivity index (χ0) is 29.1. The van der Waals surface area contributed by atoms with Crippen LogP contribution in [0.2, 0.25) is 0 Å². The van der Waals surface area contributed by atoms with Gasteiger partial charge in [0.05, 0.1) is 30.9 Å². The van der Waals surface area contributed by atoms with Crippen molar-refractivity contribution in [2.75, 3.05) is 6.54 Å². The van der Waals surface area contributed by atoms with Gasteiger partial charge >= 0.3 is 5.97 Å². The van der Waals surface area contributed by atoms with E-state index in [2.05, 4.69) is 10.3 Å². The van der Waals surface area contributed by atoms with Crippen LogP contribution in [0.3, 0.4) is 0 Å². The summed E-state index contributed by atoms with van der Waals surface area (Å²) in [4.78, 5) is 12.4. The molecule has 4 rings (SSSR count). The molecular weight excluding hydrogens is 532 g/mol. The Morgan fingerprint density at radius 3 is 2.67 bits per heavy atom. The average molecular weight is 571 g/mol. The minimum Gasteiger partial charge on any atom is -0.488 e. The minimum atomic E-state index is -3.84. The fourth-order valence-electron chi connectivity index (χ4n) is 4.76. The molecular formula is C29H38N4O6S. The Labute approximate surface area is 236 Å². The van der Waals surface area contributed by atoms with Crippen molar-refractivity contribution in [2.45, 2.75) is 84.3 Å². The molecule has 2 aromatic carbocycles. The highest BCUT2D eigenvalue weighted by Gasteiger charge is 2.40. The summed E-state index contributed by atoms with van der Waals surface area (Å²) in [5.41, 5.74) is 1.62. The van der Waals surface area contributed by atoms with Gasteiger partial charge in [0.2, 0.25) is 10.0 Å². The molecule has 0 aliphatic carbocycles. The van der Waals surface area contributed by atoms with Gasteiger partial charge in [-0.05, 0) is 62.4 Å². The van der Waals surface area contributed by atoms with Crippen LogP contribution in [0.15, 0.2) is 53.6 Å². The lowest BCUT2D eigenvalue weighted by atomic mass is 9.81. The molecule has 0 saturated carbocycles. The van der Waals surface area contributed by atoms with Crippen molar-refractivity contribution in [1.29, 1.82) is 0 Å². The average Bonchev–Trinajstić information content (AvgIpc) is 3.32. The number of hydrogen-bond donors (Lipinski definition) is 1. The number of para-hydroxylation sites is 1. The van der Waals surface area contributed by atoms with Gasteiger partial charge in [0.15, 0.2) is 0 Å². The Kier molecular flexibility index (Phi) is 8.96. The third-order valence-electron chi connectivity index (χ3n) is 7.29. The number of sulfonamides is 1. The first-order valence-corrected chi connectivity index (χ1v) is 15.0. The summed E-state index contributed by atoms with van der Waals surface area (Å²) in [6.07, 6.45) is 2.22. The maximum Gasteiger partial charge on any atom is 0.312 e. The van der Waals surface area contributed by atoms with Gasteiger partial charge in [-0.2, -0.15) is 4.31 Å². The molecule has 11 heteroatoms. The molecule has 3 aromatic rings. The van der Waals surface area contributed by atoms with Gasteiger partial charge in [-0.3, -0.25) is 9.48 Å². The van der Waals surface area contributed by atoms with Gasteiger partial charge in [-0.1, -0.05) is 49.4 Å². The van der Waals surface area contributed by atoms with Gasteiger partial charge in [0.25, 0.3) is 0 Å². The molecule has 0 radical (unpaired) electrons. The predicted molar refractivity (Wildman–Crippen MR) is 149 cm³/mol. The Balaban J connectivity index is 1.67. The lowest BCUT2D eigenvalue weighted by Crippen LogP contribution is -2.36. The van der Waals surface area contributed by atoms with Crippen LogP contribution in [-0.4, -0.2) is 51.4 Å². The summed E-state index contributed by atoms with van der Waals surface area (Å²) in [7, 11) is -3.84. The largest absolute Gasteiger partial charge is 0.488 e. The number of aryl methyl sites for hydroxylation is 2. The first kappa shape index (κ1) is 29.7. The van der Waals surface area contributed by atoms with Crippen molar-refractivity contribution < 1.29 is 27.8 Å². The second kappa shape index (κ2) is 12.1. The minimum absolute atomic E-state index is 0.0844. The third-order valence-corrected chi connectivity index (χ3v) is 9.14. The van der Waals surface area contributed by atoms with Crippen LogP contribution in [0.25, 0.3) is 0 Å². The van der Waals surface area contributed by atoms with E-state index in [1.807, 2.05) is 39.0 Å². The Hall–Kier alpha value is -3.28. The zero-order valence-electron chi connectivity index (χ0n) is 23.7. The number of carbonyl (C=O) groups is 1. The van der Waals surface area contributed by atoms with E-state index in [1.54, 1.807) is 49.0 Å². The number of hydrogen-bond acceptors (Lipinski definition) is 7. The van der Waals surface area contributed by atoms with Gasteiger partial charge in [0, 0.05) is 13.1 Å². The monoisotopic (exact) mass is 570 g/mol. The van der Waals surface area contributed by atoms with Gasteiger partial charge in [-0.15, -0.1) is 5.10 Å².